The van der Waals surface area contributed by atoms with Crippen LogP contribution in [-0.2, 0) is 14.3 Å². The summed E-state index contributed by atoms with van der Waals surface area (Å²) in [5.74, 6) is 0.469. The van der Waals surface area contributed by atoms with E-state index in [4.69, 9.17) is 14.7 Å². The smallest absolute Gasteiger partial charge is 0.348 e. The summed E-state index contributed by atoms with van der Waals surface area (Å²) < 4.78 is 10.7. The standard InChI is InChI=1S/C17H26N2O3/c1-4-6-7-14(5-2)13-22-17(20)15(12-18)8-9-16-19(3)10-11-21-16/h8-9,14H,4-7,10-11,13H2,1-3H3/b15-8-,16-9-/t14-/m1/s1. The molecule has 122 valence electrons. The highest BCUT2D eigenvalue weighted by molar-refractivity contribution is 5.93. The molecule has 5 heteroatoms. The lowest BCUT2D eigenvalue weighted by molar-refractivity contribution is -0.140. The highest BCUT2D eigenvalue weighted by atomic mass is 16.5. The molecule has 0 unspecified atom stereocenters. The van der Waals surface area contributed by atoms with Gasteiger partial charge in [-0.15, -0.1) is 0 Å². The number of unbranched alkanes of at least 4 members (excludes halogenated alkanes) is 1. The molecule has 0 saturated carbocycles. The molecule has 1 saturated heterocycles. The lowest BCUT2D eigenvalue weighted by atomic mass is 10.0. The van der Waals surface area contributed by atoms with Crippen molar-refractivity contribution in [3.05, 3.63) is 23.6 Å². The quantitative estimate of drug-likeness (QED) is 0.392. The summed E-state index contributed by atoms with van der Waals surface area (Å²) in [4.78, 5) is 13.9. The van der Waals surface area contributed by atoms with Gasteiger partial charge in [0.2, 0.25) is 0 Å². The molecule has 0 bridgehead atoms. The fraction of sp³-hybridized carbons (Fsp3) is 0.647. The van der Waals surface area contributed by atoms with Crippen molar-refractivity contribution in [2.75, 3.05) is 26.8 Å². The maximum Gasteiger partial charge on any atom is 0.348 e. The molecule has 1 aliphatic heterocycles. The fourth-order valence-electron chi connectivity index (χ4n) is 2.16. The van der Waals surface area contributed by atoms with Gasteiger partial charge in [-0.3, -0.25) is 0 Å². The second kappa shape index (κ2) is 9.88. The van der Waals surface area contributed by atoms with Crippen LogP contribution in [0.4, 0.5) is 0 Å². The van der Waals surface area contributed by atoms with E-state index in [0.717, 1.165) is 32.2 Å². The monoisotopic (exact) mass is 306 g/mol. The van der Waals surface area contributed by atoms with Gasteiger partial charge in [0.1, 0.15) is 18.2 Å². The Balaban J connectivity index is 2.55. The lowest BCUT2D eigenvalue weighted by Crippen LogP contribution is -2.15. The number of ether oxygens (including phenoxy) is 2. The summed E-state index contributed by atoms with van der Waals surface area (Å²) >= 11 is 0. The van der Waals surface area contributed by atoms with Crippen LogP contribution in [0.1, 0.15) is 39.5 Å². The SMILES string of the molecule is CCCC[C@@H](CC)COC(=O)/C(C#N)=C\C=C1/OCCN1C. The van der Waals surface area contributed by atoms with E-state index in [9.17, 15) is 4.79 Å². The van der Waals surface area contributed by atoms with Crippen molar-refractivity contribution < 1.29 is 14.3 Å². The highest BCUT2D eigenvalue weighted by Gasteiger charge is 2.15. The first-order valence-corrected chi connectivity index (χ1v) is 7.95. The highest BCUT2D eigenvalue weighted by Crippen LogP contribution is 2.14. The number of nitriles is 1. The van der Waals surface area contributed by atoms with Gasteiger partial charge in [0, 0.05) is 7.05 Å². The second-order valence-corrected chi connectivity index (χ2v) is 5.48. The molecule has 0 spiro atoms. The number of allylic oxidation sites excluding steroid dienone is 2. The minimum Gasteiger partial charge on any atom is -0.477 e. The van der Waals surface area contributed by atoms with Crippen molar-refractivity contribution in [1.82, 2.24) is 4.90 Å². The molecule has 0 radical (unpaired) electrons. The Hall–Kier alpha value is -1.96. The Morgan fingerprint density at radius 2 is 2.32 bits per heavy atom. The van der Waals surface area contributed by atoms with Gasteiger partial charge in [0.15, 0.2) is 5.88 Å². The number of likely N-dealkylation sites (N-methyl/N-ethyl adjacent to an activating group) is 1. The van der Waals surface area contributed by atoms with E-state index in [2.05, 4.69) is 13.8 Å². The molecule has 0 aromatic heterocycles. The lowest BCUT2D eigenvalue weighted by Gasteiger charge is -2.14. The van der Waals surface area contributed by atoms with Gasteiger partial charge in [-0.2, -0.15) is 5.26 Å². The molecule has 0 amide bonds. The van der Waals surface area contributed by atoms with Crippen molar-refractivity contribution >= 4 is 5.97 Å². The summed E-state index contributed by atoms with van der Waals surface area (Å²) in [6.07, 6.45) is 7.39. The van der Waals surface area contributed by atoms with Crippen molar-refractivity contribution in [3.8, 4) is 6.07 Å². The van der Waals surface area contributed by atoms with Crippen LogP contribution in [-0.4, -0.2) is 37.7 Å². The molecule has 5 nitrogen and oxygen atoms in total. The molecule has 1 rings (SSSR count). The van der Waals surface area contributed by atoms with Crippen LogP contribution in [0.15, 0.2) is 23.6 Å². The van der Waals surface area contributed by atoms with E-state index in [1.807, 2.05) is 18.0 Å². The molecule has 0 N–H and O–H groups in total. The molecule has 1 aliphatic rings. The molecule has 22 heavy (non-hydrogen) atoms. The third-order valence-corrected chi connectivity index (χ3v) is 3.78. The van der Waals surface area contributed by atoms with E-state index < -0.39 is 5.97 Å². The van der Waals surface area contributed by atoms with Crippen molar-refractivity contribution in [2.45, 2.75) is 39.5 Å². The first-order valence-electron chi connectivity index (χ1n) is 7.95. The molecule has 1 heterocycles. The van der Waals surface area contributed by atoms with Gasteiger partial charge in [0.25, 0.3) is 0 Å². The zero-order valence-electron chi connectivity index (χ0n) is 13.8. The maximum absolute atomic E-state index is 12.0. The number of nitrogens with zero attached hydrogens (tertiary/aromatic N) is 2. The Labute approximate surface area is 133 Å². The van der Waals surface area contributed by atoms with Crippen molar-refractivity contribution in [2.24, 2.45) is 5.92 Å². The Bertz CT molecular complexity index is 463. The normalized spacial score (nSPS) is 18.0. The fourth-order valence-corrected chi connectivity index (χ4v) is 2.16. The predicted molar refractivity (Wildman–Crippen MR) is 84.6 cm³/mol. The molecule has 0 aliphatic carbocycles. The molecule has 0 aromatic rings. The van der Waals surface area contributed by atoms with Crippen LogP contribution >= 0.6 is 0 Å². The van der Waals surface area contributed by atoms with Gasteiger partial charge >= 0.3 is 5.97 Å². The minimum atomic E-state index is -0.560. The molecule has 1 fully saturated rings. The van der Waals surface area contributed by atoms with Crippen LogP contribution in [0.25, 0.3) is 0 Å². The van der Waals surface area contributed by atoms with Crippen LogP contribution in [0.2, 0.25) is 0 Å². The van der Waals surface area contributed by atoms with E-state index in [-0.39, 0.29) is 5.57 Å². The first-order chi connectivity index (χ1) is 10.6. The van der Waals surface area contributed by atoms with E-state index in [1.165, 1.54) is 6.08 Å². The number of esters is 1. The minimum absolute atomic E-state index is 0.00162. The van der Waals surface area contributed by atoms with Gasteiger partial charge in [-0.1, -0.05) is 33.1 Å². The zero-order chi connectivity index (χ0) is 16.4. The van der Waals surface area contributed by atoms with Gasteiger partial charge in [-0.25, -0.2) is 4.79 Å². The number of rotatable bonds is 8. The molecule has 1 atom stereocenters. The van der Waals surface area contributed by atoms with Crippen molar-refractivity contribution in [1.29, 1.82) is 5.26 Å². The second-order valence-electron chi connectivity index (χ2n) is 5.48. The number of carbonyl (C=O) groups excluding carboxylic acids is 1. The Morgan fingerprint density at radius 3 is 2.86 bits per heavy atom. The van der Waals surface area contributed by atoms with Crippen LogP contribution in [0.5, 0.6) is 0 Å². The number of carbonyl (C=O) groups is 1. The van der Waals surface area contributed by atoms with Gasteiger partial charge in [-0.05, 0) is 24.5 Å². The van der Waals surface area contributed by atoms with E-state index in [1.54, 1.807) is 6.08 Å². The van der Waals surface area contributed by atoms with Crippen molar-refractivity contribution in [3.63, 3.8) is 0 Å². The van der Waals surface area contributed by atoms with Gasteiger partial charge < -0.3 is 14.4 Å². The third kappa shape index (κ3) is 5.80. The Kier molecular flexibility index (Phi) is 8.13. The first kappa shape index (κ1) is 18.1. The Morgan fingerprint density at radius 1 is 1.55 bits per heavy atom. The predicted octanol–water partition coefficient (Wildman–Crippen LogP) is 3.00. The zero-order valence-corrected chi connectivity index (χ0v) is 13.8. The molecule has 0 aromatic carbocycles. The van der Waals surface area contributed by atoms with Crippen LogP contribution < -0.4 is 0 Å². The average Bonchev–Trinajstić information content (AvgIpc) is 2.93. The summed E-state index contributed by atoms with van der Waals surface area (Å²) in [7, 11) is 1.90. The third-order valence-electron chi connectivity index (χ3n) is 3.78. The van der Waals surface area contributed by atoms with Crippen LogP contribution in [0, 0.1) is 17.2 Å². The number of hydrogen-bond donors (Lipinski definition) is 0. The van der Waals surface area contributed by atoms with Crippen LogP contribution in [0.3, 0.4) is 0 Å². The topological polar surface area (TPSA) is 62.6 Å². The maximum atomic E-state index is 12.0. The number of hydrogen-bond acceptors (Lipinski definition) is 5. The van der Waals surface area contributed by atoms with E-state index in [0.29, 0.717) is 25.0 Å². The summed E-state index contributed by atoms with van der Waals surface area (Å²) in [5.41, 5.74) is 0.00162. The summed E-state index contributed by atoms with van der Waals surface area (Å²) in [5, 5.41) is 9.10. The average molecular weight is 306 g/mol. The largest absolute Gasteiger partial charge is 0.477 e. The molecular formula is C17H26N2O3. The van der Waals surface area contributed by atoms with Gasteiger partial charge in [0.05, 0.1) is 13.2 Å². The molecular weight excluding hydrogens is 280 g/mol. The summed E-state index contributed by atoms with van der Waals surface area (Å²) in [6.45, 7) is 6.04. The summed E-state index contributed by atoms with van der Waals surface area (Å²) in [6, 6.07) is 1.89. The van der Waals surface area contributed by atoms with E-state index >= 15 is 0 Å².